The van der Waals surface area contributed by atoms with Crippen LogP contribution in [0, 0.1) is 0 Å². The Labute approximate surface area is 92.0 Å². The molecule has 0 atom stereocenters. The molecule has 84 valence electrons. The van der Waals surface area contributed by atoms with E-state index in [1.165, 1.54) is 29.8 Å². The summed E-state index contributed by atoms with van der Waals surface area (Å²) in [7, 11) is -2.14. The molecule has 0 spiro atoms. The number of rotatable bonds is 5. The maximum absolute atomic E-state index is 11.7. The van der Waals surface area contributed by atoms with Crippen molar-refractivity contribution in [1.82, 2.24) is 4.31 Å². The van der Waals surface area contributed by atoms with Crippen molar-refractivity contribution in [3.8, 4) is 0 Å². The molecular weight excluding hydrogens is 238 g/mol. The molecule has 0 aromatic carbocycles. The minimum Gasteiger partial charge on any atom is -0.481 e. The molecule has 1 rings (SSSR count). The quantitative estimate of drug-likeness (QED) is 0.839. The summed E-state index contributed by atoms with van der Waals surface area (Å²) < 4.78 is 24.5. The molecule has 1 N–H and O–H groups in total. The zero-order valence-electron chi connectivity index (χ0n) is 8.08. The number of thiophene rings is 1. The van der Waals surface area contributed by atoms with Crippen LogP contribution in [-0.4, -0.2) is 37.4 Å². The highest BCUT2D eigenvalue weighted by molar-refractivity contribution is 7.89. The molecule has 0 amide bonds. The lowest BCUT2D eigenvalue weighted by atomic mass is 10.4. The van der Waals surface area contributed by atoms with E-state index in [1.807, 2.05) is 0 Å². The lowest BCUT2D eigenvalue weighted by Gasteiger charge is -2.14. The highest BCUT2D eigenvalue weighted by Crippen LogP contribution is 2.17. The fourth-order valence-corrected chi connectivity index (χ4v) is 3.14. The van der Waals surface area contributed by atoms with Crippen LogP contribution < -0.4 is 0 Å². The molecule has 1 heterocycles. The molecule has 0 aliphatic heterocycles. The summed E-state index contributed by atoms with van der Waals surface area (Å²) in [6, 6.07) is 1.50. The van der Waals surface area contributed by atoms with Gasteiger partial charge in [0, 0.05) is 19.0 Å². The number of carboxylic acids is 1. The van der Waals surface area contributed by atoms with E-state index in [1.54, 1.807) is 5.38 Å². The van der Waals surface area contributed by atoms with Crippen molar-refractivity contribution in [3.63, 3.8) is 0 Å². The summed E-state index contributed by atoms with van der Waals surface area (Å²) in [5.41, 5.74) is 0. The third kappa shape index (κ3) is 3.01. The van der Waals surface area contributed by atoms with Crippen LogP contribution in [0.5, 0.6) is 0 Å². The van der Waals surface area contributed by atoms with Crippen LogP contribution in [0.2, 0.25) is 0 Å². The second kappa shape index (κ2) is 4.73. The topological polar surface area (TPSA) is 74.7 Å². The predicted molar refractivity (Wildman–Crippen MR) is 56.4 cm³/mol. The molecule has 0 aliphatic rings. The van der Waals surface area contributed by atoms with Gasteiger partial charge in [-0.05, 0) is 11.4 Å². The molecule has 0 radical (unpaired) electrons. The van der Waals surface area contributed by atoms with Crippen molar-refractivity contribution in [2.45, 2.75) is 11.3 Å². The van der Waals surface area contributed by atoms with Gasteiger partial charge in [-0.3, -0.25) is 4.79 Å². The molecule has 0 saturated carbocycles. The smallest absolute Gasteiger partial charge is 0.304 e. The van der Waals surface area contributed by atoms with Crippen LogP contribution >= 0.6 is 11.3 Å². The van der Waals surface area contributed by atoms with E-state index in [0.717, 1.165) is 4.31 Å². The summed E-state index contributed by atoms with van der Waals surface area (Å²) in [6.45, 7) is -0.0203. The summed E-state index contributed by atoms with van der Waals surface area (Å²) in [4.78, 5) is 10.5. The van der Waals surface area contributed by atoms with Crippen LogP contribution in [0.4, 0.5) is 0 Å². The van der Waals surface area contributed by atoms with E-state index >= 15 is 0 Å². The molecule has 7 heteroatoms. The van der Waals surface area contributed by atoms with Gasteiger partial charge in [0.2, 0.25) is 10.0 Å². The largest absolute Gasteiger partial charge is 0.481 e. The Morgan fingerprint density at radius 3 is 2.73 bits per heavy atom. The van der Waals surface area contributed by atoms with Crippen LogP contribution in [0.15, 0.2) is 21.7 Å². The predicted octanol–water partition coefficient (Wildman–Crippen LogP) is 0.843. The Bertz CT molecular complexity index is 424. The van der Waals surface area contributed by atoms with E-state index in [0.29, 0.717) is 0 Å². The Hall–Kier alpha value is -0.920. The minimum atomic E-state index is -3.51. The number of carboxylic acid groups (broad SMARTS) is 1. The van der Waals surface area contributed by atoms with Gasteiger partial charge in [-0.25, -0.2) is 12.7 Å². The number of aliphatic carboxylic acids is 1. The Morgan fingerprint density at radius 1 is 1.60 bits per heavy atom. The Balaban J connectivity index is 2.75. The monoisotopic (exact) mass is 249 g/mol. The second-order valence-corrected chi connectivity index (χ2v) is 5.75. The maximum Gasteiger partial charge on any atom is 0.304 e. The highest BCUT2D eigenvalue weighted by Gasteiger charge is 2.21. The van der Waals surface area contributed by atoms with Crippen LogP contribution in [0.1, 0.15) is 6.42 Å². The number of sulfonamides is 1. The molecular formula is C8H11NO4S2. The van der Waals surface area contributed by atoms with E-state index in [-0.39, 0.29) is 17.9 Å². The van der Waals surface area contributed by atoms with E-state index in [4.69, 9.17) is 5.11 Å². The zero-order chi connectivity index (χ0) is 11.5. The summed E-state index contributed by atoms with van der Waals surface area (Å²) in [5, 5.41) is 11.6. The molecule has 1 aromatic rings. The third-order valence-corrected chi connectivity index (χ3v) is 4.53. The zero-order valence-corrected chi connectivity index (χ0v) is 9.71. The minimum absolute atomic E-state index is 0.0203. The van der Waals surface area contributed by atoms with Gasteiger partial charge in [0.15, 0.2) is 0 Å². The lowest BCUT2D eigenvalue weighted by molar-refractivity contribution is -0.137. The first-order valence-corrected chi connectivity index (χ1v) is 6.53. The van der Waals surface area contributed by atoms with Crippen molar-refractivity contribution in [1.29, 1.82) is 0 Å². The molecule has 1 aromatic heterocycles. The second-order valence-electron chi connectivity index (χ2n) is 2.93. The Morgan fingerprint density at radius 2 is 2.27 bits per heavy atom. The first kappa shape index (κ1) is 12.2. The number of nitrogens with zero attached hydrogens (tertiary/aromatic N) is 1. The van der Waals surface area contributed by atoms with Gasteiger partial charge < -0.3 is 5.11 Å². The Kier molecular flexibility index (Phi) is 3.83. The fraction of sp³-hybridized carbons (Fsp3) is 0.375. The van der Waals surface area contributed by atoms with Gasteiger partial charge in [-0.2, -0.15) is 11.3 Å². The van der Waals surface area contributed by atoms with Crippen LogP contribution in [0.3, 0.4) is 0 Å². The van der Waals surface area contributed by atoms with Crippen molar-refractivity contribution in [2.75, 3.05) is 13.6 Å². The van der Waals surface area contributed by atoms with E-state index in [2.05, 4.69) is 0 Å². The van der Waals surface area contributed by atoms with Gasteiger partial charge in [-0.15, -0.1) is 0 Å². The van der Waals surface area contributed by atoms with Gasteiger partial charge >= 0.3 is 5.97 Å². The van der Waals surface area contributed by atoms with E-state index < -0.39 is 16.0 Å². The lowest BCUT2D eigenvalue weighted by Crippen LogP contribution is -2.28. The highest BCUT2D eigenvalue weighted by atomic mass is 32.2. The molecule has 0 fully saturated rings. The molecule has 15 heavy (non-hydrogen) atoms. The van der Waals surface area contributed by atoms with Crippen molar-refractivity contribution in [3.05, 3.63) is 16.8 Å². The van der Waals surface area contributed by atoms with E-state index in [9.17, 15) is 13.2 Å². The molecule has 0 bridgehead atoms. The average molecular weight is 249 g/mol. The van der Waals surface area contributed by atoms with Crippen LogP contribution in [0.25, 0.3) is 0 Å². The van der Waals surface area contributed by atoms with Crippen molar-refractivity contribution < 1.29 is 18.3 Å². The first-order valence-electron chi connectivity index (χ1n) is 4.15. The summed E-state index contributed by atoms with van der Waals surface area (Å²) >= 11 is 1.29. The van der Waals surface area contributed by atoms with Crippen molar-refractivity contribution in [2.24, 2.45) is 0 Å². The average Bonchev–Trinajstić information content (AvgIpc) is 2.66. The van der Waals surface area contributed by atoms with Gasteiger partial charge in [0.1, 0.15) is 0 Å². The third-order valence-electron chi connectivity index (χ3n) is 1.84. The number of hydrogen-bond acceptors (Lipinski definition) is 4. The first-order chi connectivity index (χ1) is 6.94. The summed E-state index contributed by atoms with van der Waals surface area (Å²) in [5.74, 6) is -1.01. The van der Waals surface area contributed by atoms with Gasteiger partial charge in [0.25, 0.3) is 0 Å². The molecule has 0 saturated heterocycles. The van der Waals surface area contributed by atoms with Crippen LogP contribution in [-0.2, 0) is 14.8 Å². The van der Waals surface area contributed by atoms with Gasteiger partial charge in [-0.1, -0.05) is 0 Å². The maximum atomic E-state index is 11.7. The molecule has 0 aliphatic carbocycles. The number of carbonyl (C=O) groups is 1. The summed E-state index contributed by atoms with van der Waals surface area (Å²) in [6.07, 6.45) is -0.195. The molecule has 5 nitrogen and oxygen atoms in total. The normalized spacial score (nSPS) is 11.9. The fourth-order valence-electron chi connectivity index (χ4n) is 0.952. The SMILES string of the molecule is CN(CCC(=O)O)S(=O)(=O)c1ccsc1. The van der Waals surface area contributed by atoms with Crippen molar-refractivity contribution >= 4 is 27.3 Å². The molecule has 0 unspecified atom stereocenters. The standard InChI is InChI=1S/C8H11NO4S2/c1-9(4-2-8(10)11)15(12,13)7-3-5-14-6-7/h3,5-6H,2,4H2,1H3,(H,10,11). The number of hydrogen-bond donors (Lipinski definition) is 1. The van der Waals surface area contributed by atoms with Gasteiger partial charge in [0.05, 0.1) is 11.3 Å².